The molecule has 0 fully saturated rings. The van der Waals surface area contributed by atoms with Crippen LogP contribution in [0.3, 0.4) is 0 Å². The van der Waals surface area contributed by atoms with E-state index in [4.69, 9.17) is 0 Å². The maximum atomic E-state index is 12.8. The van der Waals surface area contributed by atoms with Gasteiger partial charge in [-0.05, 0) is 50.1 Å². The summed E-state index contributed by atoms with van der Waals surface area (Å²) in [5, 5.41) is 0. The van der Waals surface area contributed by atoms with Gasteiger partial charge in [0.1, 0.15) is 5.82 Å². The summed E-state index contributed by atoms with van der Waals surface area (Å²) in [4.78, 5) is 21.2. The molecule has 4 heteroatoms. The molecule has 0 saturated carbocycles. The molecule has 1 amide bonds. The van der Waals surface area contributed by atoms with Gasteiger partial charge in [-0.2, -0.15) is 0 Å². The third-order valence-corrected chi connectivity index (χ3v) is 4.11. The fourth-order valence-corrected chi connectivity index (χ4v) is 2.64. The predicted octanol–water partition coefficient (Wildman–Crippen LogP) is 4.29. The molecule has 24 heavy (non-hydrogen) atoms. The summed E-state index contributed by atoms with van der Waals surface area (Å²) in [6, 6.07) is 11.8. The molecule has 0 spiro atoms. The maximum Gasteiger partial charge on any atom is 0.259 e. The Hall–Kier alpha value is -2.36. The summed E-state index contributed by atoms with van der Waals surface area (Å²) in [7, 11) is 2.03. The lowest BCUT2D eigenvalue weighted by Crippen LogP contribution is -2.30. The highest BCUT2D eigenvalue weighted by molar-refractivity contribution is 6.06. The number of rotatable bonds is 7. The van der Waals surface area contributed by atoms with Crippen LogP contribution in [0.15, 0.2) is 42.6 Å². The van der Waals surface area contributed by atoms with Crippen LogP contribution in [0.2, 0.25) is 0 Å². The lowest BCUT2D eigenvalue weighted by atomic mass is 10.1. The van der Waals surface area contributed by atoms with Gasteiger partial charge in [0.25, 0.3) is 5.91 Å². The number of benzene rings is 1. The Morgan fingerprint density at radius 3 is 2.54 bits per heavy atom. The third-order valence-electron chi connectivity index (χ3n) is 4.11. The fraction of sp³-hybridized carbons (Fsp3) is 0.400. The van der Waals surface area contributed by atoms with E-state index in [1.165, 1.54) is 0 Å². The van der Waals surface area contributed by atoms with Crippen molar-refractivity contribution in [1.29, 1.82) is 0 Å². The number of aromatic nitrogens is 1. The van der Waals surface area contributed by atoms with Gasteiger partial charge in [0.15, 0.2) is 0 Å². The largest absolute Gasteiger partial charge is 0.360 e. The number of carbonyl (C=O) groups excluding carboxylic acids is 1. The van der Waals surface area contributed by atoms with Gasteiger partial charge in [-0.25, -0.2) is 4.98 Å². The van der Waals surface area contributed by atoms with Crippen LogP contribution in [0.1, 0.15) is 42.6 Å². The molecule has 0 bridgehead atoms. The third kappa shape index (κ3) is 4.34. The van der Waals surface area contributed by atoms with Gasteiger partial charge in [-0.1, -0.05) is 25.5 Å². The summed E-state index contributed by atoms with van der Waals surface area (Å²) in [6.07, 6.45) is 3.97. The number of carbonyl (C=O) groups is 1. The molecule has 0 N–H and O–H groups in total. The zero-order chi connectivity index (χ0) is 17.5. The van der Waals surface area contributed by atoms with E-state index in [2.05, 4.69) is 16.8 Å². The van der Waals surface area contributed by atoms with E-state index >= 15 is 0 Å². The molecule has 4 nitrogen and oxygen atoms in total. The Morgan fingerprint density at radius 2 is 1.96 bits per heavy atom. The summed E-state index contributed by atoms with van der Waals surface area (Å²) < 4.78 is 0. The zero-order valence-electron chi connectivity index (χ0n) is 15.1. The molecule has 128 valence electrons. The SMILES string of the molecule is CCCCN(C)c1ccc(C(=O)N(CC)c2cccc(C)c2)cn1. The Labute approximate surface area is 145 Å². The lowest BCUT2D eigenvalue weighted by molar-refractivity contribution is 0.0988. The van der Waals surface area contributed by atoms with E-state index in [0.717, 1.165) is 36.5 Å². The van der Waals surface area contributed by atoms with Crippen LogP contribution in [-0.2, 0) is 0 Å². The molecule has 2 rings (SSSR count). The molecular formula is C20H27N3O. The smallest absolute Gasteiger partial charge is 0.259 e. The van der Waals surface area contributed by atoms with Crippen molar-refractivity contribution in [3.8, 4) is 0 Å². The average Bonchev–Trinajstić information content (AvgIpc) is 2.60. The lowest BCUT2D eigenvalue weighted by Gasteiger charge is -2.22. The number of nitrogens with zero attached hydrogens (tertiary/aromatic N) is 3. The highest BCUT2D eigenvalue weighted by atomic mass is 16.2. The number of pyridine rings is 1. The number of hydrogen-bond acceptors (Lipinski definition) is 3. The Morgan fingerprint density at radius 1 is 1.17 bits per heavy atom. The Balaban J connectivity index is 2.16. The molecule has 0 radical (unpaired) electrons. The van der Waals surface area contributed by atoms with Crippen molar-refractivity contribution in [3.05, 3.63) is 53.7 Å². The van der Waals surface area contributed by atoms with Crippen molar-refractivity contribution in [1.82, 2.24) is 4.98 Å². The standard InChI is InChI=1S/C20H27N3O/c1-5-7-13-22(4)19-12-11-17(15-21-19)20(24)23(6-2)18-10-8-9-16(3)14-18/h8-12,14-15H,5-7,13H2,1-4H3. The first-order valence-electron chi connectivity index (χ1n) is 8.62. The van der Waals surface area contributed by atoms with E-state index in [1.54, 1.807) is 11.1 Å². The van der Waals surface area contributed by atoms with Gasteiger partial charge >= 0.3 is 0 Å². The van der Waals surface area contributed by atoms with Gasteiger partial charge in [-0.15, -0.1) is 0 Å². The summed E-state index contributed by atoms with van der Waals surface area (Å²) in [5.74, 6) is 0.886. The molecule has 0 saturated heterocycles. The molecule has 0 atom stereocenters. The van der Waals surface area contributed by atoms with Crippen molar-refractivity contribution in [2.45, 2.75) is 33.6 Å². The van der Waals surface area contributed by atoms with Gasteiger partial charge in [-0.3, -0.25) is 4.79 Å². The normalized spacial score (nSPS) is 10.5. The highest BCUT2D eigenvalue weighted by Gasteiger charge is 2.17. The van der Waals surface area contributed by atoms with E-state index in [-0.39, 0.29) is 5.91 Å². The van der Waals surface area contributed by atoms with Gasteiger partial charge < -0.3 is 9.80 Å². The first-order chi connectivity index (χ1) is 11.6. The molecule has 0 aliphatic rings. The number of aryl methyl sites for hydroxylation is 1. The number of amides is 1. The number of hydrogen-bond donors (Lipinski definition) is 0. The molecule has 0 unspecified atom stereocenters. The van der Waals surface area contributed by atoms with Crippen LogP contribution >= 0.6 is 0 Å². The van der Waals surface area contributed by atoms with Crippen LogP contribution in [0.25, 0.3) is 0 Å². The summed E-state index contributed by atoms with van der Waals surface area (Å²) in [6.45, 7) is 7.79. The van der Waals surface area contributed by atoms with Crippen LogP contribution in [-0.4, -0.2) is 31.0 Å². The van der Waals surface area contributed by atoms with Crippen LogP contribution in [0.5, 0.6) is 0 Å². The van der Waals surface area contributed by atoms with E-state index in [1.807, 2.05) is 57.3 Å². The molecule has 0 aliphatic heterocycles. The maximum absolute atomic E-state index is 12.8. The first-order valence-corrected chi connectivity index (χ1v) is 8.62. The minimum absolute atomic E-state index is 0.0154. The Bertz CT molecular complexity index is 667. The average molecular weight is 325 g/mol. The number of unbranched alkanes of at least 4 members (excludes halogenated alkanes) is 1. The monoisotopic (exact) mass is 325 g/mol. The van der Waals surface area contributed by atoms with E-state index in [0.29, 0.717) is 12.1 Å². The fourth-order valence-electron chi connectivity index (χ4n) is 2.64. The quantitative estimate of drug-likeness (QED) is 0.762. The van der Waals surface area contributed by atoms with Crippen LogP contribution < -0.4 is 9.80 Å². The predicted molar refractivity (Wildman–Crippen MR) is 101 cm³/mol. The van der Waals surface area contributed by atoms with Gasteiger partial charge in [0, 0.05) is 32.0 Å². The Kier molecular flexibility index (Phi) is 6.36. The highest BCUT2D eigenvalue weighted by Crippen LogP contribution is 2.19. The minimum atomic E-state index is -0.0154. The summed E-state index contributed by atoms with van der Waals surface area (Å²) >= 11 is 0. The second-order valence-corrected chi connectivity index (χ2v) is 6.07. The van der Waals surface area contributed by atoms with Crippen LogP contribution in [0.4, 0.5) is 11.5 Å². The van der Waals surface area contributed by atoms with Crippen molar-refractivity contribution in [2.75, 3.05) is 29.9 Å². The van der Waals surface area contributed by atoms with Gasteiger partial charge in [0.2, 0.25) is 0 Å². The van der Waals surface area contributed by atoms with E-state index < -0.39 is 0 Å². The van der Waals surface area contributed by atoms with Crippen molar-refractivity contribution < 1.29 is 4.79 Å². The minimum Gasteiger partial charge on any atom is -0.360 e. The van der Waals surface area contributed by atoms with Crippen LogP contribution in [0, 0.1) is 6.92 Å². The molecule has 1 aromatic heterocycles. The first kappa shape index (κ1) is 18.0. The molecule has 1 aromatic carbocycles. The molecular weight excluding hydrogens is 298 g/mol. The van der Waals surface area contributed by atoms with Crippen molar-refractivity contribution >= 4 is 17.4 Å². The second kappa shape index (κ2) is 8.48. The van der Waals surface area contributed by atoms with Crippen molar-refractivity contribution in [3.63, 3.8) is 0 Å². The van der Waals surface area contributed by atoms with Crippen molar-refractivity contribution in [2.24, 2.45) is 0 Å². The molecule has 0 aliphatic carbocycles. The van der Waals surface area contributed by atoms with E-state index in [9.17, 15) is 4.79 Å². The van der Waals surface area contributed by atoms with Gasteiger partial charge in [0.05, 0.1) is 5.56 Å². The summed E-state index contributed by atoms with van der Waals surface area (Å²) in [5.41, 5.74) is 2.68. The molecule has 2 aromatic rings. The number of anilines is 2. The topological polar surface area (TPSA) is 36.4 Å². The molecule has 1 heterocycles. The second-order valence-electron chi connectivity index (χ2n) is 6.07. The zero-order valence-corrected chi connectivity index (χ0v) is 15.1.